The predicted octanol–water partition coefficient (Wildman–Crippen LogP) is -1.53. The lowest BCUT2D eigenvalue weighted by Gasteiger charge is -2.13. The third-order valence-corrected chi connectivity index (χ3v) is 1.25. The average molecular weight is 186 g/mol. The molecule has 0 bridgehead atoms. The fourth-order valence-corrected chi connectivity index (χ4v) is 0.711. The molecule has 0 aromatic carbocycles. The van der Waals surface area contributed by atoms with Crippen LogP contribution in [0.25, 0.3) is 0 Å². The van der Waals surface area contributed by atoms with Crippen molar-refractivity contribution in [1.82, 2.24) is 0 Å². The van der Waals surface area contributed by atoms with E-state index in [-0.39, 0.29) is 13.2 Å². The van der Waals surface area contributed by atoms with Crippen LogP contribution < -0.4 is 0 Å². The van der Waals surface area contributed by atoms with Gasteiger partial charge in [-0.15, -0.1) is 0 Å². The SMILES string of the molecule is CBBOCC(COC=O)OC=O. The van der Waals surface area contributed by atoms with Gasteiger partial charge in [0.25, 0.3) is 12.9 Å². The topological polar surface area (TPSA) is 61.8 Å². The second-order valence-electron chi connectivity index (χ2n) is 2.36. The highest BCUT2D eigenvalue weighted by molar-refractivity contribution is 6.96. The molecule has 0 saturated heterocycles. The number of hydrogen-bond donors (Lipinski definition) is 0. The van der Waals surface area contributed by atoms with Crippen LogP contribution in [0.2, 0.25) is 6.82 Å². The summed E-state index contributed by atoms with van der Waals surface area (Å²) in [6.45, 7) is 2.87. The van der Waals surface area contributed by atoms with Gasteiger partial charge in [-0.1, -0.05) is 6.82 Å². The fourth-order valence-electron chi connectivity index (χ4n) is 0.711. The lowest BCUT2D eigenvalue weighted by Crippen LogP contribution is -2.26. The van der Waals surface area contributed by atoms with Gasteiger partial charge in [0.05, 0.1) is 6.61 Å². The highest BCUT2D eigenvalue weighted by atomic mass is 16.6. The molecule has 0 amide bonds. The smallest absolute Gasteiger partial charge is 0.293 e. The molecule has 0 fully saturated rings. The number of ether oxygens (including phenoxy) is 2. The zero-order chi connectivity index (χ0) is 9.94. The first-order chi connectivity index (χ1) is 6.35. The average Bonchev–Trinajstić information content (AvgIpc) is 2.14. The first-order valence-corrected chi connectivity index (χ1v) is 4.07. The largest absolute Gasteiger partial charge is 0.464 e. The van der Waals surface area contributed by atoms with E-state index >= 15 is 0 Å². The molecule has 0 radical (unpaired) electrons. The lowest BCUT2D eigenvalue weighted by molar-refractivity contribution is -0.144. The molecular weight excluding hydrogens is 174 g/mol. The Hall–Kier alpha value is -0.970. The van der Waals surface area contributed by atoms with E-state index in [0.717, 1.165) is 7.17 Å². The summed E-state index contributed by atoms with van der Waals surface area (Å²) in [4.78, 5) is 19.8. The van der Waals surface area contributed by atoms with Crippen LogP contribution in [0.15, 0.2) is 0 Å². The van der Waals surface area contributed by atoms with Crippen molar-refractivity contribution in [2.45, 2.75) is 12.9 Å². The van der Waals surface area contributed by atoms with Gasteiger partial charge in [0.15, 0.2) is 6.10 Å². The summed E-state index contributed by atoms with van der Waals surface area (Å²) in [6.07, 6.45) is -0.505. The van der Waals surface area contributed by atoms with Crippen molar-refractivity contribution in [3.63, 3.8) is 0 Å². The maximum atomic E-state index is 9.99. The van der Waals surface area contributed by atoms with Gasteiger partial charge in [0, 0.05) is 0 Å². The third-order valence-electron chi connectivity index (χ3n) is 1.25. The number of carbonyl (C=O) groups is 2. The minimum atomic E-state index is -0.505. The maximum absolute atomic E-state index is 9.99. The van der Waals surface area contributed by atoms with Crippen LogP contribution in [0.3, 0.4) is 0 Å². The highest BCUT2D eigenvalue weighted by Gasteiger charge is 2.09. The molecule has 0 spiro atoms. The monoisotopic (exact) mass is 186 g/mol. The molecule has 0 aliphatic rings. The van der Waals surface area contributed by atoms with Crippen molar-refractivity contribution in [2.75, 3.05) is 13.2 Å². The minimum Gasteiger partial charge on any atom is -0.464 e. The van der Waals surface area contributed by atoms with Gasteiger partial charge >= 0.3 is 0 Å². The van der Waals surface area contributed by atoms with Crippen LogP contribution in [0.5, 0.6) is 0 Å². The molecule has 0 aromatic heterocycles. The molecule has 0 heterocycles. The Bertz CT molecular complexity index is 143. The van der Waals surface area contributed by atoms with E-state index in [9.17, 15) is 9.59 Å². The molecule has 7 heteroatoms. The van der Waals surface area contributed by atoms with Crippen molar-refractivity contribution in [1.29, 1.82) is 0 Å². The van der Waals surface area contributed by atoms with Crippen molar-refractivity contribution < 1.29 is 23.7 Å². The molecule has 0 aliphatic heterocycles. The summed E-state index contributed by atoms with van der Waals surface area (Å²) in [5.41, 5.74) is 0. The number of hydrogen-bond acceptors (Lipinski definition) is 5. The van der Waals surface area contributed by atoms with E-state index < -0.39 is 6.10 Å². The quantitative estimate of drug-likeness (QED) is 0.248. The lowest BCUT2D eigenvalue weighted by atomic mass is 9.52. The van der Waals surface area contributed by atoms with Crippen molar-refractivity contribution in [3.05, 3.63) is 0 Å². The number of carbonyl (C=O) groups excluding carboxylic acids is 2. The first-order valence-electron chi connectivity index (χ1n) is 4.07. The Kier molecular flexibility index (Phi) is 8.44. The molecule has 1 unspecified atom stereocenters. The third kappa shape index (κ3) is 7.39. The highest BCUT2D eigenvalue weighted by Crippen LogP contribution is 1.91. The second kappa shape index (κ2) is 9.12. The van der Waals surface area contributed by atoms with Crippen LogP contribution in [0.4, 0.5) is 0 Å². The molecule has 0 aromatic rings. The number of rotatable bonds is 9. The van der Waals surface area contributed by atoms with Crippen molar-refractivity contribution in [3.8, 4) is 0 Å². The van der Waals surface area contributed by atoms with E-state index in [1.807, 2.05) is 6.82 Å². The van der Waals surface area contributed by atoms with Gasteiger partial charge in [-0.05, 0) is 0 Å². The Balaban J connectivity index is 3.52. The van der Waals surface area contributed by atoms with Crippen LogP contribution in [-0.2, 0) is 23.7 Å². The Morgan fingerprint density at radius 2 is 2.08 bits per heavy atom. The first kappa shape index (κ1) is 12.0. The van der Waals surface area contributed by atoms with Crippen molar-refractivity contribution >= 4 is 27.5 Å². The molecule has 0 saturated carbocycles. The van der Waals surface area contributed by atoms with E-state index in [1.54, 1.807) is 0 Å². The van der Waals surface area contributed by atoms with Crippen molar-refractivity contribution in [2.24, 2.45) is 0 Å². The molecule has 5 nitrogen and oxygen atoms in total. The minimum absolute atomic E-state index is 0.0337. The molecule has 72 valence electrons. The van der Waals surface area contributed by atoms with Gasteiger partial charge in [-0.2, -0.15) is 0 Å². The Morgan fingerprint density at radius 1 is 1.31 bits per heavy atom. The van der Waals surface area contributed by atoms with Gasteiger partial charge < -0.3 is 14.1 Å². The van der Waals surface area contributed by atoms with Crippen LogP contribution >= 0.6 is 0 Å². The maximum Gasteiger partial charge on any atom is 0.293 e. The summed E-state index contributed by atoms with van der Waals surface area (Å²) in [5, 5.41) is 0. The van der Waals surface area contributed by atoms with Gasteiger partial charge in [0.2, 0.25) is 7.37 Å². The zero-order valence-electron chi connectivity index (χ0n) is 7.60. The normalized spacial score (nSPS) is 11.2. The molecule has 0 N–H and O–H groups in total. The molecule has 1 atom stereocenters. The van der Waals surface area contributed by atoms with E-state index in [1.165, 1.54) is 0 Å². The fraction of sp³-hybridized carbons (Fsp3) is 0.667. The molecule has 0 aliphatic carbocycles. The van der Waals surface area contributed by atoms with Gasteiger partial charge in [-0.25, -0.2) is 0 Å². The summed E-state index contributed by atoms with van der Waals surface area (Å²) in [6, 6.07) is 0. The second-order valence-corrected chi connectivity index (χ2v) is 2.36. The molecular formula is C6H12B2O5. The van der Waals surface area contributed by atoms with Gasteiger partial charge in [-0.3, -0.25) is 9.59 Å². The zero-order valence-corrected chi connectivity index (χ0v) is 7.60. The summed E-state index contributed by atoms with van der Waals surface area (Å²) < 4.78 is 14.2. The molecule has 0 rings (SSSR count). The predicted molar refractivity (Wildman–Crippen MR) is 49.1 cm³/mol. The van der Waals surface area contributed by atoms with E-state index in [0.29, 0.717) is 20.3 Å². The Labute approximate surface area is 78.2 Å². The van der Waals surface area contributed by atoms with Crippen LogP contribution in [-0.4, -0.2) is 46.8 Å². The van der Waals surface area contributed by atoms with E-state index in [2.05, 4.69) is 9.47 Å². The summed E-state index contributed by atoms with van der Waals surface area (Å²) in [7, 11) is 1.49. The van der Waals surface area contributed by atoms with Crippen LogP contribution in [0, 0.1) is 0 Å². The van der Waals surface area contributed by atoms with Crippen LogP contribution in [0.1, 0.15) is 0 Å². The molecule has 13 heavy (non-hydrogen) atoms. The van der Waals surface area contributed by atoms with Gasteiger partial charge in [0.1, 0.15) is 13.8 Å². The summed E-state index contributed by atoms with van der Waals surface area (Å²) in [5.74, 6) is 0. The Morgan fingerprint density at radius 3 is 2.62 bits per heavy atom. The standard InChI is InChI=1S/C6H12B2O5/c1-7-8-13-3-6(12-5-10)2-11-4-9/h4-8H,2-3H2,1H3. The summed E-state index contributed by atoms with van der Waals surface area (Å²) >= 11 is 0. The van der Waals surface area contributed by atoms with E-state index in [4.69, 9.17) is 4.65 Å².